The first-order chi connectivity index (χ1) is 12.5. The SMILES string of the molecule is O=C(O)CCON=C1CC2C1CC(O)C2CCC(O)c1ccc(Cl)cc1. The van der Waals surface area contributed by atoms with Crippen molar-refractivity contribution in [2.45, 2.75) is 44.3 Å². The zero-order valence-corrected chi connectivity index (χ0v) is 15.2. The van der Waals surface area contributed by atoms with Gasteiger partial charge in [0.15, 0.2) is 0 Å². The molecule has 2 aliphatic carbocycles. The summed E-state index contributed by atoms with van der Waals surface area (Å²) in [5.74, 6) is -0.177. The maximum absolute atomic E-state index is 10.5. The van der Waals surface area contributed by atoms with Crippen LogP contribution in [0.4, 0.5) is 0 Å². The standard InChI is InChI=1S/C19H24ClNO5/c20-12-3-1-11(2-4-12)17(22)6-5-13-14-9-16(15(14)10-18(13)23)21-26-8-7-19(24)25/h1-4,13-15,17-18,22-23H,5-10H2,(H,24,25). The van der Waals surface area contributed by atoms with Gasteiger partial charge in [0.25, 0.3) is 0 Å². The molecule has 0 radical (unpaired) electrons. The summed E-state index contributed by atoms with van der Waals surface area (Å²) in [6, 6.07) is 7.17. The lowest BCUT2D eigenvalue weighted by Crippen LogP contribution is -2.36. The molecule has 1 aromatic carbocycles. The first kappa shape index (κ1) is 19.1. The Morgan fingerprint density at radius 1 is 1.35 bits per heavy atom. The van der Waals surface area contributed by atoms with E-state index in [0.29, 0.717) is 23.8 Å². The van der Waals surface area contributed by atoms with Crippen LogP contribution in [0.5, 0.6) is 0 Å². The number of carboxylic acid groups (broad SMARTS) is 1. The van der Waals surface area contributed by atoms with E-state index in [1.807, 2.05) is 12.1 Å². The van der Waals surface area contributed by atoms with Crippen molar-refractivity contribution in [1.82, 2.24) is 0 Å². The monoisotopic (exact) mass is 381 g/mol. The molecule has 3 rings (SSSR count). The number of fused-ring (bicyclic) bond motifs is 1. The lowest BCUT2D eigenvalue weighted by atomic mass is 9.70. The number of nitrogens with zero attached hydrogens (tertiary/aromatic N) is 1. The molecule has 26 heavy (non-hydrogen) atoms. The number of halogens is 1. The summed E-state index contributed by atoms with van der Waals surface area (Å²) in [6.45, 7) is 0.0650. The lowest BCUT2D eigenvalue weighted by molar-refractivity contribution is -0.138. The molecule has 0 aliphatic heterocycles. The summed E-state index contributed by atoms with van der Waals surface area (Å²) in [5.41, 5.74) is 1.75. The van der Waals surface area contributed by atoms with Crippen molar-refractivity contribution in [2.75, 3.05) is 6.61 Å². The number of aliphatic carboxylic acids is 1. The summed E-state index contributed by atoms with van der Waals surface area (Å²) in [6.07, 6.45) is 1.75. The molecule has 2 saturated carbocycles. The zero-order chi connectivity index (χ0) is 18.7. The number of benzene rings is 1. The van der Waals surface area contributed by atoms with Crippen molar-refractivity contribution in [1.29, 1.82) is 0 Å². The van der Waals surface area contributed by atoms with E-state index in [9.17, 15) is 15.0 Å². The Morgan fingerprint density at radius 3 is 2.77 bits per heavy atom. The van der Waals surface area contributed by atoms with Gasteiger partial charge in [-0.1, -0.05) is 28.9 Å². The Hall–Kier alpha value is -1.63. The van der Waals surface area contributed by atoms with Crippen LogP contribution in [0.15, 0.2) is 29.4 Å². The normalized spacial score (nSPS) is 29.9. The minimum atomic E-state index is -0.910. The minimum Gasteiger partial charge on any atom is -0.481 e. The number of carbonyl (C=O) groups is 1. The Balaban J connectivity index is 1.48. The summed E-state index contributed by atoms with van der Waals surface area (Å²) in [5, 5.41) is 34.0. The number of rotatable bonds is 8. The van der Waals surface area contributed by atoms with E-state index in [-0.39, 0.29) is 24.9 Å². The third-order valence-corrected chi connectivity index (χ3v) is 5.80. The van der Waals surface area contributed by atoms with Crippen molar-refractivity contribution < 1.29 is 25.0 Å². The van der Waals surface area contributed by atoms with Gasteiger partial charge >= 0.3 is 5.97 Å². The molecule has 142 valence electrons. The van der Waals surface area contributed by atoms with Crippen molar-refractivity contribution >= 4 is 23.3 Å². The van der Waals surface area contributed by atoms with Crippen molar-refractivity contribution in [2.24, 2.45) is 22.9 Å². The molecule has 0 heterocycles. The predicted molar refractivity (Wildman–Crippen MR) is 97.0 cm³/mol. The van der Waals surface area contributed by atoms with Gasteiger partial charge in [0, 0.05) is 10.9 Å². The summed E-state index contributed by atoms with van der Waals surface area (Å²) in [7, 11) is 0. The Labute approximate surface area is 157 Å². The number of oxime groups is 1. The fourth-order valence-corrected chi connectivity index (χ4v) is 4.20. The first-order valence-corrected chi connectivity index (χ1v) is 9.35. The van der Waals surface area contributed by atoms with Gasteiger partial charge in [0.2, 0.25) is 0 Å². The molecule has 5 atom stereocenters. The largest absolute Gasteiger partial charge is 0.481 e. The topological polar surface area (TPSA) is 99.4 Å². The van der Waals surface area contributed by atoms with Gasteiger partial charge in [-0.05, 0) is 55.2 Å². The molecule has 1 aromatic rings. The second-order valence-corrected chi connectivity index (χ2v) is 7.58. The number of aliphatic hydroxyl groups excluding tert-OH is 2. The number of aliphatic hydroxyl groups is 2. The van der Waals surface area contributed by atoms with E-state index in [1.54, 1.807) is 12.1 Å². The van der Waals surface area contributed by atoms with E-state index in [2.05, 4.69) is 5.16 Å². The maximum atomic E-state index is 10.5. The van der Waals surface area contributed by atoms with Crippen molar-refractivity contribution in [3.05, 3.63) is 34.9 Å². The van der Waals surface area contributed by atoms with Crippen LogP contribution in [0.2, 0.25) is 5.02 Å². The smallest absolute Gasteiger partial charge is 0.306 e. The highest BCUT2D eigenvalue weighted by atomic mass is 35.5. The predicted octanol–water partition coefficient (Wildman–Crippen LogP) is 3.02. The van der Waals surface area contributed by atoms with Crippen LogP contribution in [0.3, 0.4) is 0 Å². The van der Waals surface area contributed by atoms with Gasteiger partial charge in [0.05, 0.1) is 24.3 Å². The molecule has 0 amide bonds. The molecule has 2 fully saturated rings. The number of hydrogen-bond donors (Lipinski definition) is 3. The van der Waals surface area contributed by atoms with Gasteiger partial charge in [-0.2, -0.15) is 0 Å². The van der Waals surface area contributed by atoms with E-state index >= 15 is 0 Å². The molecule has 5 unspecified atom stereocenters. The number of hydrogen-bond acceptors (Lipinski definition) is 5. The highest BCUT2D eigenvalue weighted by Gasteiger charge is 2.51. The maximum Gasteiger partial charge on any atom is 0.306 e. The van der Waals surface area contributed by atoms with Crippen LogP contribution in [0.25, 0.3) is 0 Å². The van der Waals surface area contributed by atoms with Crippen molar-refractivity contribution in [3.8, 4) is 0 Å². The van der Waals surface area contributed by atoms with Crippen LogP contribution in [-0.4, -0.2) is 39.7 Å². The van der Waals surface area contributed by atoms with Crippen LogP contribution in [0.1, 0.15) is 43.8 Å². The van der Waals surface area contributed by atoms with E-state index < -0.39 is 18.2 Å². The average Bonchev–Trinajstić information content (AvgIpc) is 2.84. The fourth-order valence-electron chi connectivity index (χ4n) is 4.08. The highest BCUT2D eigenvalue weighted by Crippen LogP contribution is 2.51. The summed E-state index contributed by atoms with van der Waals surface area (Å²) in [4.78, 5) is 15.5. The Morgan fingerprint density at radius 2 is 2.08 bits per heavy atom. The molecule has 0 spiro atoms. The van der Waals surface area contributed by atoms with Gasteiger partial charge in [0.1, 0.15) is 6.61 Å². The van der Waals surface area contributed by atoms with Gasteiger partial charge in [-0.25, -0.2) is 0 Å². The molecule has 7 heteroatoms. The van der Waals surface area contributed by atoms with Crippen molar-refractivity contribution in [3.63, 3.8) is 0 Å². The first-order valence-electron chi connectivity index (χ1n) is 8.98. The van der Waals surface area contributed by atoms with Crippen LogP contribution in [-0.2, 0) is 9.63 Å². The van der Waals surface area contributed by atoms with Gasteiger partial charge < -0.3 is 20.2 Å². The minimum absolute atomic E-state index is 0.0650. The van der Waals surface area contributed by atoms with Crippen LogP contribution >= 0.6 is 11.6 Å². The van der Waals surface area contributed by atoms with Gasteiger partial charge in [-0.3, -0.25) is 4.79 Å². The van der Waals surface area contributed by atoms with Gasteiger partial charge in [-0.15, -0.1) is 0 Å². The van der Waals surface area contributed by atoms with E-state index in [1.165, 1.54) is 0 Å². The zero-order valence-electron chi connectivity index (χ0n) is 14.4. The quantitative estimate of drug-likeness (QED) is 0.475. The Bertz CT molecular complexity index is 662. The second-order valence-electron chi connectivity index (χ2n) is 7.15. The molecular formula is C19H24ClNO5. The number of carboxylic acids is 1. The van der Waals surface area contributed by atoms with E-state index in [0.717, 1.165) is 24.1 Å². The highest BCUT2D eigenvalue weighted by molar-refractivity contribution is 6.30. The third kappa shape index (κ3) is 4.37. The molecule has 0 saturated heterocycles. The molecule has 3 N–H and O–H groups in total. The van der Waals surface area contributed by atoms with Crippen LogP contribution in [0, 0.1) is 17.8 Å². The molecule has 6 nitrogen and oxygen atoms in total. The van der Waals surface area contributed by atoms with E-state index in [4.69, 9.17) is 21.5 Å². The third-order valence-electron chi connectivity index (χ3n) is 5.55. The molecule has 2 aliphatic rings. The molecule has 0 aromatic heterocycles. The fraction of sp³-hybridized carbons (Fsp3) is 0.579. The molecule has 0 bridgehead atoms. The summed E-state index contributed by atoms with van der Waals surface area (Å²) >= 11 is 5.87. The Kier molecular flexibility index (Phi) is 6.16. The average molecular weight is 382 g/mol. The summed E-state index contributed by atoms with van der Waals surface area (Å²) < 4.78 is 0. The second kappa shape index (κ2) is 8.37. The molecular weight excluding hydrogens is 358 g/mol. The lowest BCUT2D eigenvalue weighted by Gasteiger charge is -2.35. The van der Waals surface area contributed by atoms with Crippen LogP contribution < -0.4 is 0 Å².